The van der Waals surface area contributed by atoms with Crippen LogP contribution in [0.15, 0.2) is 40.9 Å². The molecule has 0 radical (unpaired) electrons. The molecule has 0 fully saturated rings. The van der Waals surface area contributed by atoms with Crippen molar-refractivity contribution in [1.82, 2.24) is 0 Å². The largest absolute Gasteiger partial charge is 0.504 e. The summed E-state index contributed by atoms with van der Waals surface area (Å²) in [6, 6.07) is 9.52. The van der Waals surface area contributed by atoms with E-state index in [1.807, 2.05) is 0 Å². The number of aromatic hydroxyl groups is 1. The number of nitrogens with one attached hydrogen (secondary N) is 1. The second-order valence-corrected chi connectivity index (χ2v) is 5.26. The maximum absolute atomic E-state index is 12.1. The molecule has 20 heavy (non-hydrogen) atoms. The molecular formula is C14H11BrClNO3. The van der Waals surface area contributed by atoms with Crippen LogP contribution in [0, 0.1) is 0 Å². The summed E-state index contributed by atoms with van der Waals surface area (Å²) in [6.45, 7) is 0. The first-order valence-corrected chi connectivity index (χ1v) is 6.82. The molecule has 0 aliphatic carbocycles. The number of halogens is 2. The lowest BCUT2D eigenvalue weighted by Gasteiger charge is -2.09. The molecule has 0 saturated heterocycles. The van der Waals surface area contributed by atoms with Crippen molar-refractivity contribution in [2.75, 3.05) is 12.4 Å². The number of rotatable bonds is 3. The van der Waals surface area contributed by atoms with Crippen LogP contribution in [0.5, 0.6) is 11.5 Å². The van der Waals surface area contributed by atoms with Crippen molar-refractivity contribution in [1.29, 1.82) is 0 Å². The molecule has 0 aliphatic heterocycles. The minimum Gasteiger partial charge on any atom is -0.504 e. The molecule has 1 amide bonds. The molecule has 6 heteroatoms. The van der Waals surface area contributed by atoms with Crippen molar-refractivity contribution < 1.29 is 14.6 Å². The number of hydrogen-bond donors (Lipinski definition) is 2. The van der Waals surface area contributed by atoms with E-state index in [1.165, 1.54) is 13.2 Å². The van der Waals surface area contributed by atoms with Gasteiger partial charge in [-0.25, -0.2) is 0 Å². The van der Waals surface area contributed by atoms with Gasteiger partial charge in [-0.05, 0) is 46.3 Å². The first-order chi connectivity index (χ1) is 9.51. The van der Waals surface area contributed by atoms with E-state index in [0.717, 1.165) is 0 Å². The van der Waals surface area contributed by atoms with Gasteiger partial charge in [0.25, 0.3) is 5.91 Å². The summed E-state index contributed by atoms with van der Waals surface area (Å²) in [7, 11) is 1.46. The summed E-state index contributed by atoms with van der Waals surface area (Å²) in [5.41, 5.74) is 0.917. The van der Waals surface area contributed by atoms with Gasteiger partial charge >= 0.3 is 0 Å². The molecule has 0 bridgehead atoms. The number of benzene rings is 2. The van der Waals surface area contributed by atoms with Gasteiger partial charge in [0.2, 0.25) is 0 Å². The molecule has 0 spiro atoms. The highest BCUT2D eigenvalue weighted by Crippen LogP contribution is 2.29. The molecule has 0 aliphatic rings. The standard InChI is InChI=1S/C14H11BrClNO3/c1-20-13-5-3-9(7-12(13)18)17-14(19)10-4-2-8(16)6-11(10)15/h2-7,18H,1H3,(H,17,19). The van der Waals surface area contributed by atoms with Crippen LogP contribution < -0.4 is 10.1 Å². The van der Waals surface area contributed by atoms with Gasteiger partial charge in [0.1, 0.15) is 0 Å². The Hall–Kier alpha value is -1.72. The Morgan fingerprint density at radius 1 is 1.30 bits per heavy atom. The molecule has 104 valence electrons. The average molecular weight is 357 g/mol. The van der Waals surface area contributed by atoms with Gasteiger partial charge in [-0.15, -0.1) is 0 Å². The molecule has 0 unspecified atom stereocenters. The van der Waals surface area contributed by atoms with Crippen LogP contribution in [-0.2, 0) is 0 Å². The summed E-state index contributed by atoms with van der Waals surface area (Å²) < 4.78 is 5.53. The van der Waals surface area contributed by atoms with Crippen molar-refractivity contribution >= 4 is 39.1 Å². The third-order valence-corrected chi connectivity index (χ3v) is 3.50. The lowest BCUT2D eigenvalue weighted by atomic mass is 10.2. The van der Waals surface area contributed by atoms with Gasteiger partial charge in [0.05, 0.1) is 12.7 Å². The zero-order valence-electron chi connectivity index (χ0n) is 10.5. The van der Waals surface area contributed by atoms with Crippen LogP contribution in [0.25, 0.3) is 0 Å². The number of carbonyl (C=O) groups is 1. The summed E-state index contributed by atoms with van der Waals surface area (Å²) in [6.07, 6.45) is 0. The van der Waals surface area contributed by atoms with Crippen molar-refractivity contribution in [3.8, 4) is 11.5 Å². The van der Waals surface area contributed by atoms with E-state index in [2.05, 4.69) is 21.2 Å². The van der Waals surface area contributed by atoms with Gasteiger partial charge in [-0.3, -0.25) is 4.79 Å². The maximum atomic E-state index is 12.1. The molecule has 2 N–H and O–H groups in total. The van der Waals surface area contributed by atoms with E-state index in [0.29, 0.717) is 26.5 Å². The number of amides is 1. The summed E-state index contributed by atoms with van der Waals surface area (Å²) in [5, 5.41) is 12.9. The number of ether oxygens (including phenoxy) is 1. The maximum Gasteiger partial charge on any atom is 0.256 e. The van der Waals surface area contributed by atoms with Gasteiger partial charge in [0, 0.05) is 21.2 Å². The summed E-state index contributed by atoms with van der Waals surface area (Å²) in [4.78, 5) is 12.1. The Labute approximate surface area is 129 Å². The molecule has 4 nitrogen and oxygen atoms in total. The number of phenolic OH excluding ortho intramolecular Hbond substituents is 1. The van der Waals surface area contributed by atoms with Gasteiger partial charge < -0.3 is 15.2 Å². The number of phenols is 1. The van der Waals surface area contributed by atoms with E-state index in [1.54, 1.807) is 30.3 Å². The van der Waals surface area contributed by atoms with Crippen LogP contribution in [0.4, 0.5) is 5.69 Å². The SMILES string of the molecule is COc1ccc(NC(=O)c2ccc(Cl)cc2Br)cc1O. The van der Waals surface area contributed by atoms with E-state index in [9.17, 15) is 9.90 Å². The molecule has 0 atom stereocenters. The number of anilines is 1. The van der Waals surface area contributed by atoms with Crippen molar-refractivity contribution in [2.45, 2.75) is 0 Å². The second-order valence-electron chi connectivity index (χ2n) is 3.96. The first kappa shape index (κ1) is 14.7. The molecule has 0 saturated carbocycles. The fraction of sp³-hybridized carbons (Fsp3) is 0.0714. The molecule has 2 aromatic rings. The van der Waals surface area contributed by atoms with Crippen LogP contribution in [-0.4, -0.2) is 18.1 Å². The average Bonchev–Trinajstić information content (AvgIpc) is 2.38. The van der Waals surface area contributed by atoms with Gasteiger partial charge in [-0.2, -0.15) is 0 Å². The van der Waals surface area contributed by atoms with Crippen LogP contribution in [0.2, 0.25) is 5.02 Å². The Morgan fingerprint density at radius 3 is 2.65 bits per heavy atom. The smallest absolute Gasteiger partial charge is 0.256 e. The molecule has 0 aromatic heterocycles. The van der Waals surface area contributed by atoms with Crippen LogP contribution >= 0.6 is 27.5 Å². The third-order valence-electron chi connectivity index (χ3n) is 2.61. The monoisotopic (exact) mass is 355 g/mol. The Kier molecular flexibility index (Phi) is 4.52. The lowest BCUT2D eigenvalue weighted by Crippen LogP contribution is -2.12. The first-order valence-electron chi connectivity index (χ1n) is 5.64. The van der Waals surface area contributed by atoms with Crippen molar-refractivity contribution in [2.24, 2.45) is 0 Å². The molecule has 2 aromatic carbocycles. The normalized spacial score (nSPS) is 10.2. The predicted octanol–water partition coefficient (Wildman–Crippen LogP) is 4.07. The molecule has 2 rings (SSSR count). The topological polar surface area (TPSA) is 58.6 Å². The van der Waals surface area contributed by atoms with Gasteiger partial charge in [-0.1, -0.05) is 11.6 Å². The Balaban J connectivity index is 2.21. The van der Waals surface area contributed by atoms with Gasteiger partial charge in [0.15, 0.2) is 11.5 Å². The van der Waals surface area contributed by atoms with Crippen molar-refractivity contribution in [3.63, 3.8) is 0 Å². The summed E-state index contributed by atoms with van der Waals surface area (Å²) >= 11 is 9.11. The van der Waals surface area contributed by atoms with Crippen LogP contribution in [0.1, 0.15) is 10.4 Å². The fourth-order valence-electron chi connectivity index (χ4n) is 1.64. The Morgan fingerprint density at radius 2 is 2.05 bits per heavy atom. The molecule has 0 heterocycles. The highest BCUT2D eigenvalue weighted by molar-refractivity contribution is 9.10. The number of carbonyl (C=O) groups excluding carboxylic acids is 1. The third kappa shape index (κ3) is 3.23. The minimum absolute atomic E-state index is 0.0412. The van der Waals surface area contributed by atoms with Crippen molar-refractivity contribution in [3.05, 3.63) is 51.5 Å². The minimum atomic E-state index is -0.307. The second kappa shape index (κ2) is 6.15. The quantitative estimate of drug-likeness (QED) is 0.871. The highest BCUT2D eigenvalue weighted by atomic mass is 79.9. The Bertz CT molecular complexity index is 661. The molecular weight excluding hydrogens is 346 g/mol. The predicted molar refractivity (Wildman–Crippen MR) is 81.8 cm³/mol. The fourth-order valence-corrected chi connectivity index (χ4v) is 2.50. The van der Waals surface area contributed by atoms with Crippen LogP contribution in [0.3, 0.4) is 0 Å². The highest BCUT2D eigenvalue weighted by Gasteiger charge is 2.11. The van der Waals surface area contributed by atoms with E-state index >= 15 is 0 Å². The number of hydrogen-bond acceptors (Lipinski definition) is 3. The lowest BCUT2D eigenvalue weighted by molar-refractivity contribution is 0.102. The summed E-state index contributed by atoms with van der Waals surface area (Å²) in [5.74, 6) is -0.00532. The zero-order chi connectivity index (χ0) is 14.7. The van der Waals surface area contributed by atoms with E-state index < -0.39 is 0 Å². The van der Waals surface area contributed by atoms with E-state index in [4.69, 9.17) is 16.3 Å². The van der Waals surface area contributed by atoms with E-state index in [-0.39, 0.29) is 11.7 Å². The zero-order valence-corrected chi connectivity index (χ0v) is 12.8. The number of methoxy groups -OCH3 is 1.